The molecule has 14 heavy (non-hydrogen) atoms. The van der Waals surface area contributed by atoms with E-state index in [1.807, 2.05) is 0 Å². The molecule has 0 aromatic rings. The lowest BCUT2D eigenvalue weighted by Crippen LogP contribution is -2.57. The van der Waals surface area contributed by atoms with Crippen molar-refractivity contribution in [2.24, 2.45) is 11.8 Å². The molecule has 1 aliphatic heterocycles. The van der Waals surface area contributed by atoms with Crippen LogP contribution < -0.4 is 5.32 Å². The van der Waals surface area contributed by atoms with Crippen LogP contribution in [-0.4, -0.2) is 24.8 Å². The first kappa shape index (κ1) is 9.17. The highest BCUT2D eigenvalue weighted by Gasteiger charge is 2.47. The highest BCUT2D eigenvalue weighted by Crippen LogP contribution is 2.41. The van der Waals surface area contributed by atoms with Crippen molar-refractivity contribution in [3.63, 3.8) is 0 Å². The van der Waals surface area contributed by atoms with Crippen LogP contribution in [0.5, 0.6) is 0 Å². The largest absolute Gasteiger partial charge is 0.378 e. The van der Waals surface area contributed by atoms with Crippen LogP contribution in [0.3, 0.4) is 0 Å². The van der Waals surface area contributed by atoms with E-state index in [4.69, 9.17) is 4.74 Å². The van der Waals surface area contributed by atoms with Crippen molar-refractivity contribution < 1.29 is 4.74 Å². The predicted molar refractivity (Wildman–Crippen MR) is 56.2 cm³/mol. The molecule has 3 rings (SSSR count). The molecule has 3 aliphatic rings. The first-order valence-corrected chi connectivity index (χ1v) is 6.26. The molecule has 1 heterocycles. The van der Waals surface area contributed by atoms with Crippen LogP contribution in [0.15, 0.2) is 0 Å². The molecule has 5 atom stereocenters. The SMILES string of the molecule is CCC1CC1NC1CC2OCCCC12. The number of hydrogen-bond acceptors (Lipinski definition) is 2. The van der Waals surface area contributed by atoms with Gasteiger partial charge in [0.2, 0.25) is 0 Å². The zero-order chi connectivity index (χ0) is 9.54. The van der Waals surface area contributed by atoms with E-state index < -0.39 is 0 Å². The van der Waals surface area contributed by atoms with Gasteiger partial charge in [-0.25, -0.2) is 0 Å². The first-order chi connectivity index (χ1) is 6.88. The fraction of sp³-hybridized carbons (Fsp3) is 1.00. The summed E-state index contributed by atoms with van der Waals surface area (Å²) in [6.07, 6.45) is 7.34. The Balaban J connectivity index is 1.47. The second-order valence-electron chi connectivity index (χ2n) is 5.23. The molecule has 0 spiro atoms. The molecule has 2 saturated carbocycles. The van der Waals surface area contributed by atoms with Gasteiger partial charge in [0.15, 0.2) is 0 Å². The number of ether oxygens (including phenoxy) is 1. The second-order valence-corrected chi connectivity index (χ2v) is 5.23. The summed E-state index contributed by atoms with van der Waals surface area (Å²) in [5, 5.41) is 3.81. The van der Waals surface area contributed by atoms with Crippen molar-refractivity contribution in [3.8, 4) is 0 Å². The van der Waals surface area contributed by atoms with Gasteiger partial charge in [-0.15, -0.1) is 0 Å². The molecular weight excluding hydrogens is 174 g/mol. The lowest BCUT2D eigenvalue weighted by atomic mass is 9.72. The Morgan fingerprint density at radius 1 is 1.29 bits per heavy atom. The molecule has 3 fully saturated rings. The molecule has 0 bridgehead atoms. The van der Waals surface area contributed by atoms with Gasteiger partial charge in [-0.3, -0.25) is 0 Å². The quantitative estimate of drug-likeness (QED) is 0.743. The van der Waals surface area contributed by atoms with Gasteiger partial charge in [0.25, 0.3) is 0 Å². The van der Waals surface area contributed by atoms with Gasteiger partial charge < -0.3 is 10.1 Å². The molecular formula is C12H21NO. The van der Waals surface area contributed by atoms with E-state index >= 15 is 0 Å². The van der Waals surface area contributed by atoms with E-state index in [-0.39, 0.29) is 0 Å². The normalized spacial score (nSPS) is 50.8. The molecule has 80 valence electrons. The highest BCUT2D eigenvalue weighted by molar-refractivity contribution is 5.02. The second kappa shape index (κ2) is 3.49. The van der Waals surface area contributed by atoms with Gasteiger partial charge in [-0.05, 0) is 31.6 Å². The molecule has 5 unspecified atom stereocenters. The van der Waals surface area contributed by atoms with Gasteiger partial charge in [-0.2, -0.15) is 0 Å². The molecule has 2 heteroatoms. The maximum Gasteiger partial charge on any atom is 0.0633 e. The smallest absolute Gasteiger partial charge is 0.0633 e. The Morgan fingerprint density at radius 2 is 2.21 bits per heavy atom. The summed E-state index contributed by atoms with van der Waals surface area (Å²) in [5.41, 5.74) is 0. The van der Waals surface area contributed by atoms with Crippen molar-refractivity contribution in [2.45, 2.75) is 57.2 Å². The van der Waals surface area contributed by atoms with E-state index in [2.05, 4.69) is 12.2 Å². The van der Waals surface area contributed by atoms with Gasteiger partial charge >= 0.3 is 0 Å². The predicted octanol–water partition coefficient (Wildman–Crippen LogP) is 1.94. The summed E-state index contributed by atoms with van der Waals surface area (Å²) in [6, 6.07) is 1.65. The summed E-state index contributed by atoms with van der Waals surface area (Å²) in [5.74, 6) is 1.83. The van der Waals surface area contributed by atoms with Gasteiger partial charge in [0, 0.05) is 24.6 Å². The minimum absolute atomic E-state index is 0.611. The molecule has 2 aliphatic carbocycles. The van der Waals surface area contributed by atoms with Crippen molar-refractivity contribution in [1.29, 1.82) is 0 Å². The minimum Gasteiger partial charge on any atom is -0.378 e. The molecule has 0 aromatic carbocycles. The van der Waals surface area contributed by atoms with Crippen molar-refractivity contribution in [1.82, 2.24) is 5.32 Å². The maximum absolute atomic E-state index is 5.72. The summed E-state index contributed by atoms with van der Waals surface area (Å²) in [7, 11) is 0. The van der Waals surface area contributed by atoms with E-state index in [9.17, 15) is 0 Å². The van der Waals surface area contributed by atoms with Gasteiger partial charge in [0.05, 0.1) is 6.10 Å². The lowest BCUT2D eigenvalue weighted by molar-refractivity contribution is -0.103. The van der Waals surface area contributed by atoms with E-state index in [0.717, 1.165) is 30.5 Å². The highest BCUT2D eigenvalue weighted by atomic mass is 16.5. The number of rotatable bonds is 3. The summed E-state index contributed by atoms with van der Waals surface area (Å²) in [6.45, 7) is 3.31. The lowest BCUT2D eigenvalue weighted by Gasteiger charge is -2.48. The van der Waals surface area contributed by atoms with Crippen LogP contribution in [0.2, 0.25) is 0 Å². The zero-order valence-electron chi connectivity index (χ0n) is 9.04. The summed E-state index contributed by atoms with van der Waals surface area (Å²) >= 11 is 0. The average Bonchev–Trinajstić information content (AvgIpc) is 2.93. The summed E-state index contributed by atoms with van der Waals surface area (Å²) < 4.78 is 5.72. The van der Waals surface area contributed by atoms with E-state index in [0.29, 0.717) is 6.10 Å². The van der Waals surface area contributed by atoms with E-state index in [1.165, 1.54) is 32.1 Å². The van der Waals surface area contributed by atoms with Gasteiger partial charge in [0.1, 0.15) is 0 Å². The van der Waals surface area contributed by atoms with Crippen LogP contribution in [0.4, 0.5) is 0 Å². The fourth-order valence-electron chi connectivity index (χ4n) is 3.17. The monoisotopic (exact) mass is 195 g/mol. The Kier molecular flexibility index (Phi) is 2.29. The standard InChI is InChI=1S/C12H21NO/c1-2-8-6-10(8)13-11-7-12-9(11)4-3-5-14-12/h8-13H,2-7H2,1H3. The van der Waals surface area contributed by atoms with E-state index in [1.54, 1.807) is 0 Å². The van der Waals surface area contributed by atoms with Crippen LogP contribution >= 0.6 is 0 Å². The Bertz CT molecular complexity index is 218. The van der Waals surface area contributed by atoms with Crippen molar-refractivity contribution >= 4 is 0 Å². The third-order valence-corrected chi connectivity index (χ3v) is 4.37. The van der Waals surface area contributed by atoms with Crippen molar-refractivity contribution in [3.05, 3.63) is 0 Å². The minimum atomic E-state index is 0.611. The third kappa shape index (κ3) is 1.49. The number of fused-ring (bicyclic) bond motifs is 1. The molecule has 0 aromatic heterocycles. The molecule has 0 radical (unpaired) electrons. The maximum atomic E-state index is 5.72. The first-order valence-electron chi connectivity index (χ1n) is 6.26. The Hall–Kier alpha value is -0.0800. The molecule has 0 amide bonds. The summed E-state index contributed by atoms with van der Waals surface area (Å²) in [4.78, 5) is 0. The van der Waals surface area contributed by atoms with Crippen LogP contribution in [0.25, 0.3) is 0 Å². The number of hydrogen-bond donors (Lipinski definition) is 1. The Labute approximate surface area is 86.4 Å². The Morgan fingerprint density at radius 3 is 2.93 bits per heavy atom. The zero-order valence-corrected chi connectivity index (χ0v) is 9.04. The fourth-order valence-corrected chi connectivity index (χ4v) is 3.17. The van der Waals surface area contributed by atoms with Crippen LogP contribution in [0, 0.1) is 11.8 Å². The molecule has 1 N–H and O–H groups in total. The van der Waals surface area contributed by atoms with Crippen LogP contribution in [-0.2, 0) is 4.74 Å². The number of nitrogens with one attached hydrogen (secondary N) is 1. The average molecular weight is 195 g/mol. The van der Waals surface area contributed by atoms with Crippen molar-refractivity contribution in [2.75, 3.05) is 6.61 Å². The third-order valence-electron chi connectivity index (χ3n) is 4.37. The van der Waals surface area contributed by atoms with Crippen LogP contribution in [0.1, 0.15) is 39.0 Å². The van der Waals surface area contributed by atoms with Gasteiger partial charge in [-0.1, -0.05) is 13.3 Å². The topological polar surface area (TPSA) is 21.3 Å². The molecule has 1 saturated heterocycles. The molecule has 2 nitrogen and oxygen atoms in total.